The van der Waals surface area contributed by atoms with E-state index in [-0.39, 0.29) is 0 Å². The van der Waals surface area contributed by atoms with Crippen molar-refractivity contribution in [1.82, 2.24) is 5.32 Å². The van der Waals surface area contributed by atoms with Crippen molar-refractivity contribution in [2.45, 2.75) is 25.2 Å². The van der Waals surface area contributed by atoms with E-state index in [1.54, 1.807) is 11.1 Å². The van der Waals surface area contributed by atoms with E-state index >= 15 is 0 Å². The first kappa shape index (κ1) is 10.2. The summed E-state index contributed by atoms with van der Waals surface area (Å²) in [5, 5.41) is 3.44. The van der Waals surface area contributed by atoms with Gasteiger partial charge in [-0.3, -0.25) is 0 Å². The second-order valence-corrected chi connectivity index (χ2v) is 5.08. The standard InChI is InChI=1S/C14H20N2/c1-16-9-6-13-10-12(2-3-14(13)16)11-4-7-15-8-5-11/h2-3,10-11,15H,4-9H2,1H3. The van der Waals surface area contributed by atoms with Crippen molar-refractivity contribution in [2.24, 2.45) is 0 Å². The summed E-state index contributed by atoms with van der Waals surface area (Å²) in [7, 11) is 2.19. The molecule has 1 fully saturated rings. The molecule has 0 aromatic heterocycles. The van der Waals surface area contributed by atoms with E-state index in [1.807, 2.05) is 0 Å². The first-order valence-corrected chi connectivity index (χ1v) is 6.39. The number of nitrogens with one attached hydrogen (secondary N) is 1. The first-order valence-electron chi connectivity index (χ1n) is 6.39. The summed E-state index contributed by atoms with van der Waals surface area (Å²) in [5.41, 5.74) is 4.56. The fourth-order valence-electron chi connectivity index (χ4n) is 3.00. The number of hydrogen-bond donors (Lipinski definition) is 1. The molecule has 0 spiro atoms. The number of nitrogens with zero attached hydrogens (tertiary/aromatic N) is 1. The van der Waals surface area contributed by atoms with Crippen LogP contribution in [0.2, 0.25) is 0 Å². The maximum atomic E-state index is 3.44. The van der Waals surface area contributed by atoms with E-state index in [1.165, 1.54) is 44.6 Å². The normalized spacial score (nSPS) is 21.2. The highest BCUT2D eigenvalue weighted by Gasteiger charge is 2.19. The van der Waals surface area contributed by atoms with Crippen LogP contribution >= 0.6 is 0 Å². The Morgan fingerprint density at radius 3 is 2.88 bits per heavy atom. The zero-order valence-electron chi connectivity index (χ0n) is 10.00. The zero-order valence-corrected chi connectivity index (χ0v) is 10.00. The molecule has 0 saturated carbocycles. The highest BCUT2D eigenvalue weighted by Crippen LogP contribution is 2.32. The summed E-state index contributed by atoms with van der Waals surface area (Å²) in [4.78, 5) is 2.36. The Balaban J connectivity index is 1.86. The Morgan fingerprint density at radius 1 is 1.25 bits per heavy atom. The molecule has 2 heteroatoms. The van der Waals surface area contributed by atoms with Gasteiger partial charge in [-0.15, -0.1) is 0 Å². The minimum Gasteiger partial charge on any atom is -0.374 e. The van der Waals surface area contributed by atoms with Crippen molar-refractivity contribution in [1.29, 1.82) is 0 Å². The van der Waals surface area contributed by atoms with Crippen LogP contribution in [0.4, 0.5) is 5.69 Å². The Labute approximate surface area is 97.6 Å². The molecule has 0 atom stereocenters. The van der Waals surface area contributed by atoms with Crippen LogP contribution in [-0.4, -0.2) is 26.7 Å². The van der Waals surface area contributed by atoms with Gasteiger partial charge in [-0.1, -0.05) is 12.1 Å². The van der Waals surface area contributed by atoms with E-state index in [2.05, 4.69) is 35.5 Å². The number of hydrogen-bond acceptors (Lipinski definition) is 2. The minimum absolute atomic E-state index is 0.789. The number of likely N-dealkylation sites (N-methyl/N-ethyl adjacent to an activating group) is 1. The van der Waals surface area contributed by atoms with Crippen LogP contribution in [0.25, 0.3) is 0 Å². The van der Waals surface area contributed by atoms with Gasteiger partial charge in [-0.2, -0.15) is 0 Å². The molecule has 0 unspecified atom stereocenters. The van der Waals surface area contributed by atoms with Gasteiger partial charge in [-0.25, -0.2) is 0 Å². The number of fused-ring (bicyclic) bond motifs is 1. The predicted octanol–water partition coefficient (Wildman–Crippen LogP) is 2.15. The van der Waals surface area contributed by atoms with Crippen LogP contribution < -0.4 is 10.2 Å². The molecule has 3 rings (SSSR count). The number of anilines is 1. The molecule has 16 heavy (non-hydrogen) atoms. The Kier molecular flexibility index (Phi) is 2.60. The lowest BCUT2D eigenvalue weighted by molar-refractivity contribution is 0.460. The summed E-state index contributed by atoms with van der Waals surface area (Å²) in [6.45, 7) is 3.55. The molecule has 0 radical (unpaired) electrons. The van der Waals surface area contributed by atoms with E-state index in [9.17, 15) is 0 Å². The van der Waals surface area contributed by atoms with Crippen LogP contribution in [0.15, 0.2) is 18.2 Å². The molecule has 1 aromatic rings. The van der Waals surface area contributed by atoms with Crippen LogP contribution in [0.3, 0.4) is 0 Å². The van der Waals surface area contributed by atoms with E-state index in [0.717, 1.165) is 5.92 Å². The van der Waals surface area contributed by atoms with Gasteiger partial charge in [0.15, 0.2) is 0 Å². The van der Waals surface area contributed by atoms with Crippen molar-refractivity contribution in [3.05, 3.63) is 29.3 Å². The molecule has 1 N–H and O–H groups in total. The smallest absolute Gasteiger partial charge is 0.0397 e. The van der Waals surface area contributed by atoms with Gasteiger partial charge in [0.05, 0.1) is 0 Å². The van der Waals surface area contributed by atoms with Crippen molar-refractivity contribution in [2.75, 3.05) is 31.6 Å². The fourth-order valence-corrected chi connectivity index (χ4v) is 3.00. The van der Waals surface area contributed by atoms with Gasteiger partial charge < -0.3 is 10.2 Å². The van der Waals surface area contributed by atoms with Crippen LogP contribution in [0.5, 0.6) is 0 Å². The third-order valence-electron chi connectivity index (χ3n) is 4.04. The lowest BCUT2D eigenvalue weighted by Gasteiger charge is -2.23. The maximum Gasteiger partial charge on any atom is 0.0397 e. The predicted molar refractivity (Wildman–Crippen MR) is 68.3 cm³/mol. The first-order chi connectivity index (χ1) is 7.84. The zero-order chi connectivity index (χ0) is 11.0. The molecular formula is C14H20N2. The number of rotatable bonds is 1. The van der Waals surface area contributed by atoms with Crippen molar-refractivity contribution >= 4 is 5.69 Å². The van der Waals surface area contributed by atoms with Gasteiger partial charge in [0, 0.05) is 19.3 Å². The van der Waals surface area contributed by atoms with Crippen LogP contribution in [-0.2, 0) is 6.42 Å². The van der Waals surface area contributed by atoms with Gasteiger partial charge in [-0.05, 0) is 55.5 Å². The summed E-state index contributed by atoms with van der Waals surface area (Å²) >= 11 is 0. The summed E-state index contributed by atoms with van der Waals surface area (Å²) in [5.74, 6) is 0.789. The molecule has 0 bridgehead atoms. The molecule has 1 saturated heterocycles. The van der Waals surface area contributed by atoms with Crippen LogP contribution in [0, 0.1) is 0 Å². The summed E-state index contributed by atoms with van der Waals surface area (Å²) < 4.78 is 0. The van der Waals surface area contributed by atoms with E-state index < -0.39 is 0 Å². The van der Waals surface area contributed by atoms with Crippen LogP contribution in [0.1, 0.15) is 29.9 Å². The monoisotopic (exact) mass is 216 g/mol. The summed E-state index contributed by atoms with van der Waals surface area (Å²) in [6.07, 6.45) is 3.83. The van der Waals surface area contributed by atoms with Crippen molar-refractivity contribution < 1.29 is 0 Å². The fraction of sp³-hybridized carbons (Fsp3) is 0.571. The quantitative estimate of drug-likeness (QED) is 0.774. The Hall–Kier alpha value is -1.02. The molecule has 0 amide bonds. The highest BCUT2D eigenvalue weighted by atomic mass is 15.1. The molecule has 2 aliphatic heterocycles. The van der Waals surface area contributed by atoms with Gasteiger partial charge in [0.25, 0.3) is 0 Å². The molecule has 2 nitrogen and oxygen atoms in total. The Morgan fingerprint density at radius 2 is 2.06 bits per heavy atom. The second-order valence-electron chi connectivity index (χ2n) is 5.08. The van der Waals surface area contributed by atoms with Crippen molar-refractivity contribution in [3.63, 3.8) is 0 Å². The second kappa shape index (κ2) is 4.10. The topological polar surface area (TPSA) is 15.3 Å². The third-order valence-corrected chi connectivity index (χ3v) is 4.04. The Bertz CT molecular complexity index is 380. The lowest BCUT2D eigenvalue weighted by atomic mass is 9.89. The molecule has 2 heterocycles. The molecule has 86 valence electrons. The summed E-state index contributed by atoms with van der Waals surface area (Å²) in [6, 6.07) is 7.12. The molecule has 0 aliphatic carbocycles. The molecule has 1 aromatic carbocycles. The van der Waals surface area contributed by atoms with E-state index in [4.69, 9.17) is 0 Å². The van der Waals surface area contributed by atoms with Gasteiger partial charge in [0.2, 0.25) is 0 Å². The van der Waals surface area contributed by atoms with Gasteiger partial charge in [0.1, 0.15) is 0 Å². The minimum atomic E-state index is 0.789. The lowest BCUT2D eigenvalue weighted by Crippen LogP contribution is -2.26. The number of piperidine rings is 1. The SMILES string of the molecule is CN1CCc2cc(C3CCNCC3)ccc21. The number of benzene rings is 1. The molecule has 2 aliphatic rings. The van der Waals surface area contributed by atoms with Gasteiger partial charge >= 0.3 is 0 Å². The van der Waals surface area contributed by atoms with Crippen molar-refractivity contribution in [3.8, 4) is 0 Å². The molecular weight excluding hydrogens is 196 g/mol. The largest absolute Gasteiger partial charge is 0.374 e. The maximum absolute atomic E-state index is 3.44. The highest BCUT2D eigenvalue weighted by molar-refractivity contribution is 5.58. The third kappa shape index (κ3) is 1.71. The van der Waals surface area contributed by atoms with E-state index in [0.29, 0.717) is 0 Å². The average Bonchev–Trinajstić information content (AvgIpc) is 2.72. The average molecular weight is 216 g/mol.